The molecule has 0 aliphatic carbocycles. The Bertz CT molecular complexity index is 1210. The predicted octanol–water partition coefficient (Wildman–Crippen LogP) is 8.12. The second-order valence-electron chi connectivity index (χ2n) is 6.25. The number of azo groups is 1. The first-order valence-electron chi connectivity index (χ1n) is 9.22. The summed E-state index contributed by atoms with van der Waals surface area (Å²) < 4.78 is 5.87. The minimum atomic E-state index is -0.329. The maximum Gasteiger partial charge on any atom is 0.348 e. The van der Waals surface area contributed by atoms with Crippen LogP contribution in [0.2, 0.25) is 0 Å². The Morgan fingerprint density at radius 3 is 2.41 bits per heavy atom. The molecular weight excluding hydrogens is 528 g/mol. The molecule has 1 N–H and O–H groups in total. The van der Waals surface area contributed by atoms with Crippen molar-refractivity contribution in [2.45, 2.75) is 4.21 Å². The molecular formula is C22H19BrN4O2S3. The molecule has 0 aliphatic rings. The van der Waals surface area contributed by atoms with Crippen molar-refractivity contribution in [2.75, 3.05) is 18.7 Å². The van der Waals surface area contributed by atoms with Gasteiger partial charge in [0.1, 0.15) is 4.88 Å². The second-order valence-corrected chi connectivity index (χ2v) is 9.24. The van der Waals surface area contributed by atoms with Gasteiger partial charge in [-0.25, -0.2) is 9.78 Å². The van der Waals surface area contributed by atoms with E-state index in [0.29, 0.717) is 4.88 Å². The van der Waals surface area contributed by atoms with E-state index in [1.54, 1.807) is 11.8 Å². The summed E-state index contributed by atoms with van der Waals surface area (Å²) in [6.07, 6.45) is 1.98. The van der Waals surface area contributed by atoms with Crippen LogP contribution in [-0.2, 0) is 4.74 Å². The number of hydrogen-bond acceptors (Lipinski definition) is 9. The molecule has 10 heteroatoms. The van der Waals surface area contributed by atoms with Gasteiger partial charge in [0.15, 0.2) is 5.13 Å². The molecule has 4 aromatic rings. The molecule has 0 spiro atoms. The summed E-state index contributed by atoms with van der Waals surface area (Å²) in [4.78, 5) is 17.1. The Labute approximate surface area is 208 Å². The number of carbonyl (C=O) groups excluding carboxylic acids is 1. The van der Waals surface area contributed by atoms with Crippen LogP contribution >= 0.6 is 51.4 Å². The highest BCUT2D eigenvalue weighted by Gasteiger charge is 2.18. The molecule has 6 nitrogen and oxygen atoms in total. The fourth-order valence-electron chi connectivity index (χ4n) is 2.71. The third-order valence-corrected chi connectivity index (χ3v) is 7.21. The van der Waals surface area contributed by atoms with Gasteiger partial charge in [0.2, 0.25) is 0 Å². The number of thiophene rings is 1. The largest absolute Gasteiger partial charge is 0.465 e. The van der Waals surface area contributed by atoms with E-state index in [0.717, 1.165) is 37.7 Å². The van der Waals surface area contributed by atoms with Crippen LogP contribution < -0.4 is 5.32 Å². The molecule has 4 rings (SSSR count). The summed E-state index contributed by atoms with van der Waals surface area (Å²) in [5.41, 5.74) is 4.27. The molecule has 2 heterocycles. The highest BCUT2D eigenvalue weighted by atomic mass is 79.9. The highest BCUT2D eigenvalue weighted by Crippen LogP contribution is 2.39. The lowest BCUT2D eigenvalue weighted by atomic mass is 10.2. The van der Waals surface area contributed by atoms with Crippen LogP contribution in [-0.4, -0.2) is 24.3 Å². The van der Waals surface area contributed by atoms with Crippen molar-refractivity contribution in [3.8, 4) is 11.3 Å². The van der Waals surface area contributed by atoms with E-state index in [-0.39, 0.29) is 23.0 Å². The lowest BCUT2D eigenvalue weighted by Gasteiger charge is -2.02. The van der Waals surface area contributed by atoms with Crippen molar-refractivity contribution in [3.05, 3.63) is 70.9 Å². The number of aromatic nitrogens is 1. The summed E-state index contributed by atoms with van der Waals surface area (Å²) in [6, 6.07) is 19.1. The topological polar surface area (TPSA) is 75.9 Å². The second kappa shape index (κ2) is 11.4. The zero-order valence-electron chi connectivity index (χ0n) is 17.1. The van der Waals surface area contributed by atoms with Crippen LogP contribution in [0.1, 0.15) is 9.67 Å². The smallest absolute Gasteiger partial charge is 0.348 e. The number of esters is 1. The maximum atomic E-state index is 11.9. The number of nitrogens with zero attached hydrogens (tertiary/aromatic N) is 3. The number of methoxy groups -OCH3 is 1. The van der Waals surface area contributed by atoms with Crippen molar-refractivity contribution in [3.63, 3.8) is 0 Å². The Morgan fingerprint density at radius 1 is 1.06 bits per heavy atom. The molecule has 0 saturated heterocycles. The van der Waals surface area contributed by atoms with Gasteiger partial charge in [-0.3, -0.25) is 0 Å². The van der Waals surface area contributed by atoms with Gasteiger partial charge in [-0.2, -0.15) is 10.2 Å². The Balaban J connectivity index is 0.00000289. The van der Waals surface area contributed by atoms with E-state index in [2.05, 4.69) is 20.5 Å². The molecule has 2 aromatic heterocycles. The van der Waals surface area contributed by atoms with Crippen molar-refractivity contribution >= 4 is 79.6 Å². The summed E-state index contributed by atoms with van der Waals surface area (Å²) >= 11 is 4.52. The number of thioether (sulfide) groups is 1. The van der Waals surface area contributed by atoms with E-state index in [1.165, 1.54) is 29.8 Å². The van der Waals surface area contributed by atoms with Crippen LogP contribution in [0, 0.1) is 0 Å². The first kappa shape index (κ1) is 24.1. The lowest BCUT2D eigenvalue weighted by Crippen LogP contribution is -1.96. The van der Waals surface area contributed by atoms with E-state index < -0.39 is 0 Å². The summed E-state index contributed by atoms with van der Waals surface area (Å²) in [5, 5.41) is 14.5. The predicted molar refractivity (Wildman–Crippen MR) is 139 cm³/mol. The Morgan fingerprint density at radius 2 is 1.75 bits per heavy atom. The standard InChI is InChI=1S/C22H18N4O2S3.BrH/c1-28-20(27)19-12-17(21(29-2)31-19)18-13-30-22(24-18)23-14-8-10-16(11-9-14)26-25-15-6-4-3-5-7-15;/h3-13H,1-2H3,(H,23,24);1H. The third-order valence-electron chi connectivity index (χ3n) is 4.21. The van der Waals surface area contributed by atoms with Gasteiger partial charge in [0, 0.05) is 16.6 Å². The molecule has 164 valence electrons. The van der Waals surface area contributed by atoms with Crippen LogP contribution in [0.25, 0.3) is 11.3 Å². The van der Waals surface area contributed by atoms with Gasteiger partial charge >= 0.3 is 5.97 Å². The molecule has 0 saturated carbocycles. The number of hydrogen-bond donors (Lipinski definition) is 1. The van der Waals surface area contributed by atoms with Crippen LogP contribution in [0.5, 0.6) is 0 Å². The number of halogens is 1. The SMILES string of the molecule is Br.COC(=O)c1cc(-c2csc(Nc3ccc(N=Nc4ccccc4)cc3)n2)c(SC)s1. The summed E-state index contributed by atoms with van der Waals surface area (Å²) in [5.74, 6) is -0.329. The summed E-state index contributed by atoms with van der Waals surface area (Å²) in [6.45, 7) is 0. The number of ether oxygens (including phenoxy) is 1. The van der Waals surface area contributed by atoms with Gasteiger partial charge in [-0.05, 0) is 48.7 Å². The number of benzene rings is 2. The average Bonchev–Trinajstić information content (AvgIpc) is 3.45. The zero-order valence-corrected chi connectivity index (χ0v) is 21.3. The highest BCUT2D eigenvalue weighted by molar-refractivity contribution is 8.93. The Kier molecular flexibility index (Phi) is 8.57. The fraction of sp³-hybridized carbons (Fsp3) is 0.0909. The van der Waals surface area contributed by atoms with Crippen LogP contribution in [0.4, 0.5) is 22.2 Å². The quantitative estimate of drug-likeness (QED) is 0.144. The number of anilines is 2. The maximum absolute atomic E-state index is 11.9. The number of rotatable bonds is 7. The minimum Gasteiger partial charge on any atom is -0.465 e. The van der Waals surface area contributed by atoms with Crippen molar-refractivity contribution in [2.24, 2.45) is 10.2 Å². The molecule has 32 heavy (non-hydrogen) atoms. The van der Waals surface area contributed by atoms with Gasteiger partial charge in [0.05, 0.1) is 28.4 Å². The molecule has 0 amide bonds. The average molecular weight is 548 g/mol. The third kappa shape index (κ3) is 5.83. The van der Waals surface area contributed by atoms with Gasteiger partial charge < -0.3 is 10.1 Å². The molecule has 0 unspecified atom stereocenters. The molecule has 0 fully saturated rings. The van der Waals surface area contributed by atoms with Crippen LogP contribution in [0.3, 0.4) is 0 Å². The Hall–Kier alpha value is -2.53. The number of nitrogens with one attached hydrogen (secondary N) is 1. The van der Waals surface area contributed by atoms with E-state index >= 15 is 0 Å². The molecule has 0 aliphatic heterocycles. The monoisotopic (exact) mass is 546 g/mol. The normalized spacial score (nSPS) is 10.7. The van der Waals surface area contributed by atoms with E-state index in [9.17, 15) is 4.79 Å². The number of thiazole rings is 1. The first-order valence-corrected chi connectivity index (χ1v) is 12.1. The minimum absolute atomic E-state index is 0. The van der Waals surface area contributed by atoms with E-state index in [4.69, 9.17) is 4.74 Å². The van der Waals surface area contributed by atoms with Gasteiger partial charge in [-0.1, -0.05) is 18.2 Å². The molecule has 0 bridgehead atoms. The first-order chi connectivity index (χ1) is 15.2. The summed E-state index contributed by atoms with van der Waals surface area (Å²) in [7, 11) is 1.39. The van der Waals surface area contributed by atoms with E-state index in [1.807, 2.05) is 72.3 Å². The number of carbonyl (C=O) groups is 1. The van der Waals surface area contributed by atoms with Crippen molar-refractivity contribution in [1.82, 2.24) is 4.98 Å². The molecule has 0 radical (unpaired) electrons. The lowest BCUT2D eigenvalue weighted by molar-refractivity contribution is 0.0606. The fourth-order valence-corrected chi connectivity index (χ4v) is 5.24. The molecule has 0 atom stereocenters. The van der Waals surface area contributed by atoms with Crippen molar-refractivity contribution in [1.29, 1.82) is 0 Å². The molecule has 2 aromatic carbocycles. The van der Waals surface area contributed by atoms with Gasteiger partial charge in [0.25, 0.3) is 0 Å². The van der Waals surface area contributed by atoms with Gasteiger partial charge in [-0.15, -0.1) is 51.4 Å². The zero-order chi connectivity index (χ0) is 21.6. The van der Waals surface area contributed by atoms with Crippen LogP contribution in [0.15, 0.2) is 80.5 Å². The van der Waals surface area contributed by atoms with Crippen molar-refractivity contribution < 1.29 is 9.53 Å².